The molecule has 0 unspecified atom stereocenters. The van der Waals surface area contributed by atoms with Crippen LogP contribution in [0.3, 0.4) is 0 Å². The molecule has 0 saturated heterocycles. The number of carbonyl (C=O) groups is 1. The number of rotatable bonds is 7. The van der Waals surface area contributed by atoms with Crippen molar-refractivity contribution in [3.8, 4) is 5.75 Å². The Morgan fingerprint density at radius 3 is 2.59 bits per heavy atom. The summed E-state index contributed by atoms with van der Waals surface area (Å²) >= 11 is 0. The van der Waals surface area contributed by atoms with E-state index in [4.69, 9.17) is 4.74 Å². The molecule has 3 rings (SSSR count). The Hall–Kier alpha value is -3.08. The van der Waals surface area contributed by atoms with Gasteiger partial charge in [-0.3, -0.25) is 4.79 Å². The first kappa shape index (κ1) is 18.7. The van der Waals surface area contributed by atoms with E-state index < -0.39 is 0 Å². The smallest absolute Gasteiger partial charge is 0.271 e. The lowest BCUT2D eigenvalue weighted by molar-refractivity contribution is 0.0955. The molecule has 5 nitrogen and oxygen atoms in total. The van der Waals surface area contributed by atoms with Gasteiger partial charge in [0.1, 0.15) is 5.75 Å². The average molecular weight is 363 g/mol. The van der Waals surface area contributed by atoms with E-state index in [9.17, 15) is 4.79 Å². The van der Waals surface area contributed by atoms with Gasteiger partial charge in [0.15, 0.2) is 0 Å². The summed E-state index contributed by atoms with van der Waals surface area (Å²) in [4.78, 5) is 12.3. The van der Waals surface area contributed by atoms with Gasteiger partial charge in [-0.2, -0.15) is 5.10 Å². The predicted octanol–water partition coefficient (Wildman–Crippen LogP) is 4.52. The number of carbonyl (C=O) groups excluding carboxylic acids is 1. The number of aryl methyl sites for hydroxylation is 1. The van der Waals surface area contributed by atoms with Gasteiger partial charge >= 0.3 is 0 Å². The fraction of sp³-hybridized carbons (Fsp3) is 0.273. The zero-order chi connectivity index (χ0) is 19.2. The molecule has 0 bridgehead atoms. The lowest BCUT2D eigenvalue weighted by Gasteiger charge is -2.05. The van der Waals surface area contributed by atoms with E-state index in [0.29, 0.717) is 12.2 Å². The van der Waals surface area contributed by atoms with Crippen molar-refractivity contribution in [2.24, 2.45) is 5.10 Å². The van der Waals surface area contributed by atoms with Crippen molar-refractivity contribution in [3.63, 3.8) is 0 Å². The molecule has 1 aromatic heterocycles. The molecule has 1 heterocycles. The zero-order valence-corrected chi connectivity index (χ0v) is 16.0. The minimum absolute atomic E-state index is 0.246. The molecular weight excluding hydrogens is 338 g/mol. The fourth-order valence-electron chi connectivity index (χ4n) is 3.22. The van der Waals surface area contributed by atoms with Crippen LogP contribution in [0.25, 0.3) is 10.9 Å². The Kier molecular flexibility index (Phi) is 5.91. The highest BCUT2D eigenvalue weighted by Gasteiger charge is 2.12. The molecule has 140 valence electrons. The van der Waals surface area contributed by atoms with Crippen LogP contribution in [-0.2, 0) is 6.54 Å². The monoisotopic (exact) mass is 363 g/mol. The summed E-state index contributed by atoms with van der Waals surface area (Å²) in [6.45, 7) is 7.73. The van der Waals surface area contributed by atoms with Crippen LogP contribution in [0.2, 0.25) is 0 Å². The van der Waals surface area contributed by atoms with Gasteiger partial charge in [-0.25, -0.2) is 5.43 Å². The maximum absolute atomic E-state index is 12.3. The van der Waals surface area contributed by atoms with E-state index in [1.54, 1.807) is 30.5 Å². The number of hydrogen-bond acceptors (Lipinski definition) is 3. The molecule has 1 N–H and O–H groups in total. The Morgan fingerprint density at radius 2 is 1.89 bits per heavy atom. The number of aromatic nitrogens is 1. The van der Waals surface area contributed by atoms with Gasteiger partial charge in [-0.15, -0.1) is 0 Å². The van der Waals surface area contributed by atoms with E-state index >= 15 is 0 Å². The Balaban J connectivity index is 1.78. The maximum Gasteiger partial charge on any atom is 0.271 e. The second kappa shape index (κ2) is 8.54. The number of ether oxygens (including phenoxy) is 1. The Labute approximate surface area is 159 Å². The number of benzene rings is 2. The highest BCUT2D eigenvalue weighted by Crippen LogP contribution is 2.24. The summed E-state index contributed by atoms with van der Waals surface area (Å²) in [7, 11) is 0. The molecule has 3 aromatic rings. The molecule has 1 amide bonds. The largest absolute Gasteiger partial charge is 0.494 e. The van der Waals surface area contributed by atoms with Crippen LogP contribution < -0.4 is 10.2 Å². The highest BCUT2D eigenvalue weighted by molar-refractivity contribution is 6.02. The molecule has 0 atom stereocenters. The first-order valence-electron chi connectivity index (χ1n) is 9.29. The summed E-state index contributed by atoms with van der Waals surface area (Å²) in [6.07, 6.45) is 2.79. The van der Waals surface area contributed by atoms with Crippen molar-refractivity contribution in [2.75, 3.05) is 6.61 Å². The first-order valence-corrected chi connectivity index (χ1v) is 9.29. The standard InChI is InChI=1S/C22H25N3O2/c1-4-14-25-16(3)20(19-8-6-7-9-21(19)25)15-23-24-22(26)17-10-12-18(13-11-17)27-5-2/h6-13,15H,4-5,14H2,1-3H3,(H,24,26)/b23-15+. The molecule has 0 spiro atoms. The van der Waals surface area contributed by atoms with Crippen molar-refractivity contribution < 1.29 is 9.53 Å². The molecule has 0 saturated carbocycles. The van der Waals surface area contributed by atoms with Gasteiger partial charge < -0.3 is 9.30 Å². The molecule has 0 aliphatic heterocycles. The molecule has 5 heteroatoms. The number of nitrogens with one attached hydrogen (secondary N) is 1. The number of hydrogen-bond donors (Lipinski definition) is 1. The van der Waals surface area contributed by atoms with Crippen LogP contribution in [0.5, 0.6) is 5.75 Å². The quantitative estimate of drug-likeness (QED) is 0.495. The lowest BCUT2D eigenvalue weighted by atomic mass is 10.1. The third-order valence-electron chi connectivity index (χ3n) is 4.51. The summed E-state index contributed by atoms with van der Waals surface area (Å²) in [5, 5.41) is 5.33. The van der Waals surface area contributed by atoms with Gasteiger partial charge in [0.2, 0.25) is 0 Å². The minimum Gasteiger partial charge on any atom is -0.494 e. The molecular formula is C22H25N3O2. The van der Waals surface area contributed by atoms with Crippen molar-refractivity contribution in [3.05, 3.63) is 65.4 Å². The van der Waals surface area contributed by atoms with Crippen molar-refractivity contribution in [2.45, 2.75) is 33.7 Å². The third-order valence-corrected chi connectivity index (χ3v) is 4.51. The molecule has 0 radical (unpaired) electrons. The molecule has 27 heavy (non-hydrogen) atoms. The molecule has 0 fully saturated rings. The SMILES string of the molecule is CCCn1c(C)c(/C=N/NC(=O)c2ccc(OCC)cc2)c2ccccc21. The van der Waals surface area contributed by atoms with Gasteiger partial charge in [0.05, 0.1) is 12.8 Å². The maximum atomic E-state index is 12.3. The van der Waals surface area contributed by atoms with Crippen molar-refractivity contribution in [1.82, 2.24) is 9.99 Å². The third kappa shape index (κ3) is 4.03. The van der Waals surface area contributed by atoms with Crippen LogP contribution in [0, 0.1) is 6.92 Å². The van der Waals surface area contributed by atoms with E-state index in [2.05, 4.69) is 41.1 Å². The number of para-hydroxylation sites is 1. The number of amides is 1. The minimum atomic E-state index is -0.246. The lowest BCUT2D eigenvalue weighted by Crippen LogP contribution is -2.17. The summed E-state index contributed by atoms with van der Waals surface area (Å²) in [6, 6.07) is 15.3. The van der Waals surface area contributed by atoms with Crippen molar-refractivity contribution in [1.29, 1.82) is 0 Å². The molecule has 0 aliphatic rings. The fourth-order valence-corrected chi connectivity index (χ4v) is 3.22. The topological polar surface area (TPSA) is 55.6 Å². The van der Waals surface area contributed by atoms with E-state index in [0.717, 1.165) is 35.4 Å². The number of hydrazone groups is 1. The zero-order valence-electron chi connectivity index (χ0n) is 16.0. The first-order chi connectivity index (χ1) is 13.2. The Morgan fingerprint density at radius 1 is 1.15 bits per heavy atom. The van der Waals surface area contributed by atoms with Crippen LogP contribution >= 0.6 is 0 Å². The van der Waals surface area contributed by atoms with Crippen LogP contribution in [0.15, 0.2) is 53.6 Å². The van der Waals surface area contributed by atoms with Crippen LogP contribution in [0.1, 0.15) is 41.9 Å². The summed E-state index contributed by atoms with van der Waals surface area (Å²) in [5.41, 5.74) is 6.53. The molecule has 0 aliphatic carbocycles. The average Bonchev–Trinajstić information content (AvgIpc) is 2.95. The van der Waals surface area contributed by atoms with E-state index in [-0.39, 0.29) is 5.91 Å². The summed E-state index contributed by atoms with van der Waals surface area (Å²) < 4.78 is 7.69. The van der Waals surface area contributed by atoms with E-state index in [1.165, 1.54) is 5.52 Å². The van der Waals surface area contributed by atoms with Crippen LogP contribution in [0.4, 0.5) is 0 Å². The normalized spacial score (nSPS) is 11.2. The second-order valence-corrected chi connectivity index (χ2v) is 6.32. The van der Waals surface area contributed by atoms with Gasteiger partial charge in [0.25, 0.3) is 5.91 Å². The van der Waals surface area contributed by atoms with E-state index in [1.807, 2.05) is 19.1 Å². The predicted molar refractivity (Wildman–Crippen MR) is 110 cm³/mol. The highest BCUT2D eigenvalue weighted by atomic mass is 16.5. The Bertz CT molecular complexity index is 956. The number of fused-ring (bicyclic) bond motifs is 1. The summed E-state index contributed by atoms with van der Waals surface area (Å²) in [5.74, 6) is 0.501. The van der Waals surface area contributed by atoms with Gasteiger partial charge in [-0.05, 0) is 50.6 Å². The van der Waals surface area contributed by atoms with Gasteiger partial charge in [0, 0.05) is 34.3 Å². The number of nitrogens with zero attached hydrogens (tertiary/aromatic N) is 2. The second-order valence-electron chi connectivity index (χ2n) is 6.32. The molecule has 2 aromatic carbocycles. The van der Waals surface area contributed by atoms with Crippen LogP contribution in [-0.4, -0.2) is 23.3 Å². The van der Waals surface area contributed by atoms with Gasteiger partial charge in [-0.1, -0.05) is 25.1 Å². The van der Waals surface area contributed by atoms with Crippen molar-refractivity contribution >= 4 is 23.0 Å².